The maximum atomic E-state index is 12.6. The Hall–Kier alpha value is -3.28. The predicted octanol–water partition coefficient (Wildman–Crippen LogP) is 2.96. The van der Waals surface area contributed by atoms with E-state index in [0.29, 0.717) is 18.9 Å². The number of amides is 1. The lowest BCUT2D eigenvalue weighted by molar-refractivity contribution is -0.131. The number of tetrazole rings is 1. The van der Waals surface area contributed by atoms with Crippen LogP contribution in [0.3, 0.4) is 0 Å². The molecule has 0 atom stereocenters. The van der Waals surface area contributed by atoms with Crippen molar-refractivity contribution in [2.45, 2.75) is 19.9 Å². The average Bonchev–Trinajstić information content (AvgIpc) is 3.17. The summed E-state index contributed by atoms with van der Waals surface area (Å²) in [5.74, 6) is 0.554. The van der Waals surface area contributed by atoms with Crippen LogP contribution in [0.1, 0.15) is 17.5 Å². The number of carbonyl (C=O) groups excluding carboxylic acids is 1. The lowest BCUT2D eigenvalue weighted by atomic mass is 9.99. The van der Waals surface area contributed by atoms with E-state index < -0.39 is 0 Å². The van der Waals surface area contributed by atoms with E-state index in [2.05, 4.69) is 33.6 Å². The minimum atomic E-state index is 0.00657. The number of carbonyl (C=O) groups is 1. The van der Waals surface area contributed by atoms with Gasteiger partial charge in [-0.2, -0.15) is 4.80 Å². The smallest absolute Gasteiger partial charge is 0.246 e. The zero-order valence-electron chi connectivity index (χ0n) is 15.2. The first-order valence-corrected chi connectivity index (χ1v) is 9.07. The van der Waals surface area contributed by atoms with Crippen LogP contribution < -0.4 is 0 Å². The van der Waals surface area contributed by atoms with Gasteiger partial charge in [-0.3, -0.25) is 4.79 Å². The number of aromatic nitrogens is 4. The molecule has 0 fully saturated rings. The molecule has 0 unspecified atom stereocenters. The van der Waals surface area contributed by atoms with E-state index in [4.69, 9.17) is 0 Å². The van der Waals surface area contributed by atoms with Gasteiger partial charge in [-0.15, -0.1) is 10.2 Å². The molecule has 0 spiro atoms. The molecule has 6 nitrogen and oxygen atoms in total. The second kappa shape index (κ2) is 7.53. The van der Waals surface area contributed by atoms with Crippen LogP contribution in [0.25, 0.3) is 17.0 Å². The molecule has 1 amide bonds. The SMILES string of the molecule is Cc1ccccc1-c1nnn(CC(=O)N2CC=C(c3ccccc3)CC2)n1. The summed E-state index contributed by atoms with van der Waals surface area (Å²) in [6.45, 7) is 3.43. The molecular formula is C21H21N5O. The van der Waals surface area contributed by atoms with E-state index in [9.17, 15) is 4.79 Å². The molecule has 1 aromatic heterocycles. The summed E-state index contributed by atoms with van der Waals surface area (Å²) in [4.78, 5) is 15.8. The molecule has 0 aliphatic carbocycles. The minimum Gasteiger partial charge on any atom is -0.337 e. The Labute approximate surface area is 158 Å². The maximum absolute atomic E-state index is 12.6. The van der Waals surface area contributed by atoms with Crippen molar-refractivity contribution < 1.29 is 4.79 Å². The van der Waals surface area contributed by atoms with Crippen molar-refractivity contribution in [2.75, 3.05) is 13.1 Å². The van der Waals surface area contributed by atoms with E-state index in [1.807, 2.05) is 54.3 Å². The van der Waals surface area contributed by atoms with Crippen LogP contribution in [0.15, 0.2) is 60.7 Å². The second-order valence-electron chi connectivity index (χ2n) is 6.64. The lowest BCUT2D eigenvalue weighted by Crippen LogP contribution is -2.37. The highest BCUT2D eigenvalue weighted by Gasteiger charge is 2.19. The first kappa shape index (κ1) is 17.1. The van der Waals surface area contributed by atoms with Crippen molar-refractivity contribution in [3.8, 4) is 11.4 Å². The number of nitrogens with zero attached hydrogens (tertiary/aromatic N) is 5. The van der Waals surface area contributed by atoms with Gasteiger partial charge in [-0.25, -0.2) is 0 Å². The van der Waals surface area contributed by atoms with Crippen molar-refractivity contribution in [2.24, 2.45) is 0 Å². The number of hydrogen-bond donors (Lipinski definition) is 0. The van der Waals surface area contributed by atoms with Gasteiger partial charge in [0.25, 0.3) is 0 Å². The molecule has 0 saturated heterocycles. The van der Waals surface area contributed by atoms with E-state index in [-0.39, 0.29) is 12.5 Å². The standard InChI is InChI=1S/C21H21N5O/c1-16-7-5-6-10-19(16)21-22-24-26(23-21)15-20(27)25-13-11-18(12-14-25)17-8-3-2-4-9-17/h2-11H,12-15H2,1H3. The predicted molar refractivity (Wildman–Crippen MR) is 104 cm³/mol. The van der Waals surface area contributed by atoms with Crippen LogP contribution in [-0.4, -0.2) is 44.1 Å². The number of benzene rings is 2. The van der Waals surface area contributed by atoms with Gasteiger partial charge in [0, 0.05) is 18.7 Å². The fourth-order valence-electron chi connectivity index (χ4n) is 3.27. The van der Waals surface area contributed by atoms with Crippen molar-refractivity contribution in [1.82, 2.24) is 25.1 Å². The first-order valence-electron chi connectivity index (χ1n) is 9.07. The quantitative estimate of drug-likeness (QED) is 0.718. The largest absolute Gasteiger partial charge is 0.337 e. The maximum Gasteiger partial charge on any atom is 0.246 e. The summed E-state index contributed by atoms with van der Waals surface area (Å²) in [7, 11) is 0. The van der Waals surface area contributed by atoms with Crippen LogP contribution in [0, 0.1) is 6.92 Å². The van der Waals surface area contributed by atoms with Crippen LogP contribution in [0.4, 0.5) is 0 Å². The molecule has 1 aliphatic rings. The Morgan fingerprint density at radius 2 is 1.85 bits per heavy atom. The van der Waals surface area contributed by atoms with Gasteiger partial charge in [0.1, 0.15) is 6.54 Å². The van der Waals surface area contributed by atoms with E-state index in [1.54, 1.807) is 0 Å². The average molecular weight is 359 g/mol. The topological polar surface area (TPSA) is 63.9 Å². The Morgan fingerprint density at radius 3 is 2.59 bits per heavy atom. The van der Waals surface area contributed by atoms with Gasteiger partial charge in [-0.05, 0) is 35.3 Å². The molecule has 0 radical (unpaired) electrons. The van der Waals surface area contributed by atoms with Crippen LogP contribution in [0.2, 0.25) is 0 Å². The van der Waals surface area contributed by atoms with Crippen molar-refractivity contribution in [3.05, 3.63) is 71.8 Å². The van der Waals surface area contributed by atoms with E-state index >= 15 is 0 Å². The number of hydrogen-bond acceptors (Lipinski definition) is 4. The molecule has 1 aliphatic heterocycles. The molecular weight excluding hydrogens is 338 g/mol. The van der Waals surface area contributed by atoms with Gasteiger partial charge in [-0.1, -0.05) is 60.7 Å². The summed E-state index contributed by atoms with van der Waals surface area (Å²) in [6, 6.07) is 18.2. The van der Waals surface area contributed by atoms with Crippen molar-refractivity contribution >= 4 is 11.5 Å². The molecule has 2 heterocycles. The zero-order valence-corrected chi connectivity index (χ0v) is 15.2. The summed E-state index contributed by atoms with van der Waals surface area (Å²) < 4.78 is 0. The Bertz CT molecular complexity index is 977. The van der Waals surface area contributed by atoms with Crippen LogP contribution in [-0.2, 0) is 11.3 Å². The Kier molecular flexibility index (Phi) is 4.78. The summed E-state index contributed by atoms with van der Waals surface area (Å²) in [5, 5.41) is 12.5. The summed E-state index contributed by atoms with van der Waals surface area (Å²) >= 11 is 0. The summed E-state index contributed by atoms with van der Waals surface area (Å²) in [5.41, 5.74) is 4.54. The normalized spacial score (nSPS) is 14.1. The third-order valence-corrected chi connectivity index (χ3v) is 4.82. The molecule has 136 valence electrons. The molecule has 4 rings (SSSR count). The first-order chi connectivity index (χ1) is 13.2. The fourth-order valence-corrected chi connectivity index (χ4v) is 3.27. The summed E-state index contributed by atoms with van der Waals surface area (Å²) in [6.07, 6.45) is 2.99. The molecule has 0 saturated carbocycles. The molecule has 27 heavy (non-hydrogen) atoms. The van der Waals surface area contributed by atoms with E-state index in [0.717, 1.165) is 17.5 Å². The monoisotopic (exact) mass is 359 g/mol. The highest BCUT2D eigenvalue weighted by atomic mass is 16.2. The second-order valence-corrected chi connectivity index (χ2v) is 6.64. The van der Waals surface area contributed by atoms with Crippen LogP contribution in [0.5, 0.6) is 0 Å². The number of rotatable bonds is 4. The van der Waals surface area contributed by atoms with Gasteiger partial charge in [0.15, 0.2) is 0 Å². The molecule has 6 heteroatoms. The van der Waals surface area contributed by atoms with Crippen LogP contribution >= 0.6 is 0 Å². The highest BCUT2D eigenvalue weighted by molar-refractivity contribution is 5.78. The van der Waals surface area contributed by atoms with Crippen molar-refractivity contribution in [1.29, 1.82) is 0 Å². The van der Waals surface area contributed by atoms with Gasteiger partial charge in [0.05, 0.1) is 0 Å². The Morgan fingerprint density at radius 1 is 1.07 bits per heavy atom. The molecule has 2 aromatic carbocycles. The number of aryl methyl sites for hydroxylation is 1. The molecule has 0 bridgehead atoms. The van der Waals surface area contributed by atoms with Gasteiger partial charge >= 0.3 is 0 Å². The van der Waals surface area contributed by atoms with Gasteiger partial charge < -0.3 is 4.90 Å². The third kappa shape index (κ3) is 3.79. The van der Waals surface area contributed by atoms with Crippen molar-refractivity contribution in [3.63, 3.8) is 0 Å². The molecule has 3 aromatic rings. The lowest BCUT2D eigenvalue weighted by Gasteiger charge is -2.26. The molecule has 0 N–H and O–H groups in total. The highest BCUT2D eigenvalue weighted by Crippen LogP contribution is 2.22. The zero-order chi connectivity index (χ0) is 18.6. The fraction of sp³-hybridized carbons (Fsp3) is 0.238. The van der Waals surface area contributed by atoms with E-state index in [1.165, 1.54) is 15.9 Å². The van der Waals surface area contributed by atoms with Gasteiger partial charge in [0.2, 0.25) is 11.7 Å². The Balaban J connectivity index is 1.41. The third-order valence-electron chi connectivity index (χ3n) is 4.82. The minimum absolute atomic E-state index is 0.00657.